The van der Waals surface area contributed by atoms with E-state index in [0.717, 1.165) is 34.5 Å². The van der Waals surface area contributed by atoms with Crippen molar-refractivity contribution in [2.24, 2.45) is 0 Å². The van der Waals surface area contributed by atoms with Crippen LogP contribution in [0, 0.1) is 0 Å². The highest BCUT2D eigenvalue weighted by Gasteiger charge is 2.29. The van der Waals surface area contributed by atoms with Gasteiger partial charge in [0.05, 0.1) is 34.4 Å². The molecule has 0 radical (unpaired) electrons. The molecule has 0 aliphatic carbocycles. The number of carbonyl (C=O) groups is 4. The molecule has 2 rings (SSSR count). The lowest BCUT2D eigenvalue weighted by molar-refractivity contribution is -0.452. The third kappa shape index (κ3) is 10.7. The van der Waals surface area contributed by atoms with Crippen LogP contribution in [0.4, 0.5) is 9.59 Å². The second-order valence-electron chi connectivity index (χ2n) is 10.2. The molecule has 0 spiro atoms. The summed E-state index contributed by atoms with van der Waals surface area (Å²) in [5, 5.41) is 10.8. The summed E-state index contributed by atoms with van der Waals surface area (Å²) in [6.45, 7) is 16.3. The van der Waals surface area contributed by atoms with Crippen LogP contribution in [-0.2, 0) is 39.1 Å². The Morgan fingerprint density at radius 3 is 1.17 bits per heavy atom. The molecule has 2 aromatic rings. The second-order valence-corrected chi connectivity index (χ2v) is 19.7. The molecule has 0 fully saturated rings. The highest BCUT2D eigenvalue weighted by molar-refractivity contribution is 6.96. The lowest BCUT2D eigenvalue weighted by Gasteiger charge is -2.25. The molecule has 12 nitrogen and oxygen atoms in total. The number of rotatable bonds is 19. The first-order valence-corrected chi connectivity index (χ1v) is 20.0. The lowest BCUT2D eigenvalue weighted by Crippen LogP contribution is -2.44. The summed E-state index contributed by atoms with van der Waals surface area (Å²) in [5.41, 5.74) is 4.51. The fraction of sp³-hybridized carbons (Fsp3) is 0.375. The smallest absolute Gasteiger partial charge is 0.432 e. The minimum atomic E-state index is -1.81. The molecule has 0 N–H and O–H groups in total. The van der Waals surface area contributed by atoms with Crippen LogP contribution in [0.1, 0.15) is 61.3 Å². The Hall–Kier alpha value is -4.25. The first-order valence-electron chi connectivity index (χ1n) is 15.1. The van der Waals surface area contributed by atoms with Gasteiger partial charge in [0.2, 0.25) is 0 Å². The van der Waals surface area contributed by atoms with Gasteiger partial charge < -0.3 is 9.47 Å². The molecule has 2 aromatic carbocycles. The first-order chi connectivity index (χ1) is 22.1. The van der Waals surface area contributed by atoms with Crippen molar-refractivity contribution in [2.75, 3.05) is 13.2 Å². The van der Waals surface area contributed by atoms with E-state index in [4.69, 9.17) is 9.47 Å². The van der Waals surface area contributed by atoms with Crippen molar-refractivity contribution >= 4 is 50.8 Å². The lowest BCUT2D eigenvalue weighted by atomic mass is 10.2. The van der Waals surface area contributed by atoms with Crippen molar-refractivity contribution in [3.8, 4) is 0 Å². The SMILES string of the molecule is C=C[Si](CC)(CC)c1ccc(C(=O)OOOC(=O)OCCCCOC(=O)OOOC(=O)c2ccc([Si](C=C)(CC)CC)cc2)cc1. The average Bonchev–Trinajstić information content (AvgIpc) is 3.09. The van der Waals surface area contributed by atoms with Crippen molar-refractivity contribution in [2.45, 2.75) is 64.7 Å². The third-order valence-electron chi connectivity index (χ3n) is 8.10. The Bertz CT molecular complexity index is 1200. The standard InChI is InChI=1S/C32H42O12Si2/c1-7-45(8-2,9-3)27-19-15-25(16-20-27)29(33)39-43-41-31(35)37-23-13-14-24-38-32(36)42-44-40-30(34)26-17-21-28(22-18-26)46(10-4,11-5)12-6/h7,10,15-22H,1,4,8-9,11-14,23-24H2,2-3,5-6H3. The van der Waals surface area contributed by atoms with Crippen molar-refractivity contribution in [1.29, 1.82) is 0 Å². The molecule has 0 aliphatic rings. The molecule has 0 aliphatic heterocycles. The fourth-order valence-corrected chi connectivity index (χ4v) is 10.7. The monoisotopic (exact) mass is 674 g/mol. The third-order valence-corrected chi connectivity index (χ3v) is 17.7. The van der Waals surface area contributed by atoms with E-state index in [9.17, 15) is 19.2 Å². The molecule has 250 valence electrons. The van der Waals surface area contributed by atoms with Crippen molar-refractivity contribution in [1.82, 2.24) is 0 Å². The number of benzene rings is 2. The van der Waals surface area contributed by atoms with Gasteiger partial charge in [-0.25, -0.2) is 29.0 Å². The summed E-state index contributed by atoms with van der Waals surface area (Å²) in [4.78, 5) is 65.0. The molecule has 46 heavy (non-hydrogen) atoms. The maximum atomic E-state index is 12.1. The van der Waals surface area contributed by atoms with E-state index in [0.29, 0.717) is 0 Å². The largest absolute Gasteiger partial charge is 0.543 e. The minimum Gasteiger partial charge on any atom is -0.432 e. The van der Waals surface area contributed by atoms with Crippen LogP contribution in [0.3, 0.4) is 0 Å². The summed E-state index contributed by atoms with van der Waals surface area (Å²) in [6, 6.07) is 17.9. The maximum absolute atomic E-state index is 12.1. The number of ether oxygens (including phenoxy) is 2. The minimum absolute atomic E-state index is 0.111. The summed E-state index contributed by atoms with van der Waals surface area (Å²) in [6.07, 6.45) is -1.92. The van der Waals surface area contributed by atoms with Gasteiger partial charge in [0.1, 0.15) is 16.1 Å². The van der Waals surface area contributed by atoms with Gasteiger partial charge in [0, 0.05) is 0 Å². The van der Waals surface area contributed by atoms with Gasteiger partial charge in [-0.3, -0.25) is 9.78 Å². The van der Waals surface area contributed by atoms with Crippen LogP contribution in [0.25, 0.3) is 0 Å². The Balaban J connectivity index is 1.57. The average molecular weight is 675 g/mol. The zero-order chi connectivity index (χ0) is 34.0. The molecule has 0 bridgehead atoms. The van der Waals surface area contributed by atoms with Crippen LogP contribution < -0.4 is 10.4 Å². The molecule has 0 amide bonds. The van der Waals surface area contributed by atoms with Gasteiger partial charge >= 0.3 is 24.2 Å². The molecule has 0 saturated heterocycles. The van der Waals surface area contributed by atoms with E-state index in [1.807, 2.05) is 35.7 Å². The zero-order valence-electron chi connectivity index (χ0n) is 26.7. The van der Waals surface area contributed by atoms with Crippen LogP contribution in [0.5, 0.6) is 0 Å². The van der Waals surface area contributed by atoms with E-state index in [-0.39, 0.29) is 37.2 Å². The summed E-state index contributed by atoms with van der Waals surface area (Å²) >= 11 is 0. The molecule has 0 unspecified atom stereocenters. The first kappa shape index (κ1) is 37.9. The van der Waals surface area contributed by atoms with E-state index in [1.165, 1.54) is 0 Å². The molecule has 0 saturated carbocycles. The predicted molar refractivity (Wildman–Crippen MR) is 173 cm³/mol. The number of carbonyl (C=O) groups excluding carboxylic acids is 4. The number of hydrogen-bond acceptors (Lipinski definition) is 12. The van der Waals surface area contributed by atoms with E-state index >= 15 is 0 Å². The van der Waals surface area contributed by atoms with Crippen LogP contribution in [-0.4, -0.2) is 53.6 Å². The highest BCUT2D eigenvalue weighted by Crippen LogP contribution is 2.18. The van der Waals surface area contributed by atoms with Crippen molar-refractivity contribution < 1.29 is 58.3 Å². The summed E-state index contributed by atoms with van der Waals surface area (Å²) < 4.78 is 9.53. The van der Waals surface area contributed by atoms with Gasteiger partial charge in [0.25, 0.3) is 0 Å². The van der Waals surface area contributed by atoms with Gasteiger partial charge in [0.15, 0.2) is 0 Å². The molecule has 14 heteroatoms. The quantitative estimate of drug-likeness (QED) is 0.0541. The Morgan fingerprint density at radius 2 is 0.891 bits per heavy atom. The van der Waals surface area contributed by atoms with E-state index in [2.05, 4.69) is 70.5 Å². The van der Waals surface area contributed by atoms with Crippen LogP contribution in [0.2, 0.25) is 24.2 Å². The molecule has 0 heterocycles. The maximum Gasteiger partial charge on any atom is 0.543 e. The van der Waals surface area contributed by atoms with Gasteiger partial charge in [-0.1, -0.05) is 97.9 Å². The number of unbranched alkanes of at least 4 members (excludes halogenated alkanes) is 1. The topological polar surface area (TPSA) is 142 Å². The predicted octanol–water partition coefficient (Wildman–Crippen LogP) is 6.32. The van der Waals surface area contributed by atoms with Gasteiger partial charge in [-0.05, 0) is 37.1 Å². The Kier molecular flexibility index (Phi) is 15.9. The second kappa shape index (κ2) is 19.3. The van der Waals surface area contributed by atoms with E-state index < -0.39 is 40.4 Å². The molecule has 0 aromatic heterocycles. The summed E-state index contributed by atoms with van der Waals surface area (Å²) in [7, 11) is -3.61. The van der Waals surface area contributed by atoms with Gasteiger partial charge in [-0.2, -0.15) is 0 Å². The Labute approximate surface area is 270 Å². The van der Waals surface area contributed by atoms with Crippen LogP contribution >= 0.6 is 0 Å². The fourth-order valence-electron chi connectivity index (χ4n) is 4.82. The highest BCUT2D eigenvalue weighted by atomic mass is 28.3. The van der Waals surface area contributed by atoms with Crippen molar-refractivity contribution in [3.05, 3.63) is 84.2 Å². The van der Waals surface area contributed by atoms with Crippen LogP contribution in [0.15, 0.2) is 73.1 Å². The van der Waals surface area contributed by atoms with Crippen molar-refractivity contribution in [3.63, 3.8) is 0 Å². The number of hydrogen-bond donors (Lipinski definition) is 0. The molecular weight excluding hydrogens is 633 g/mol. The molecule has 0 atom stereocenters. The Morgan fingerprint density at radius 1 is 0.565 bits per heavy atom. The van der Waals surface area contributed by atoms with E-state index in [1.54, 1.807) is 24.3 Å². The van der Waals surface area contributed by atoms with Gasteiger partial charge in [-0.15, -0.1) is 13.2 Å². The normalized spacial score (nSPS) is 11.1. The molecular formula is C32H42O12Si2. The summed E-state index contributed by atoms with van der Waals surface area (Å²) in [5.74, 6) is -1.70. The zero-order valence-corrected chi connectivity index (χ0v) is 28.7.